The third-order valence-corrected chi connectivity index (χ3v) is 15.9. The predicted molar refractivity (Wildman–Crippen MR) is 281 cm³/mol. The Morgan fingerprint density at radius 2 is 1.21 bits per heavy atom. The number of Topliss-reactive ketones (excluding diaryl/α,β-unsaturated/α-hetero) is 2. The van der Waals surface area contributed by atoms with E-state index in [9.17, 15) is 22.6 Å². The lowest BCUT2D eigenvalue weighted by molar-refractivity contribution is 0.0907. The second-order valence-corrected chi connectivity index (χ2v) is 23.3. The zero-order chi connectivity index (χ0) is 51.8. The molecule has 71 heavy (non-hydrogen) atoms. The molecule has 0 aliphatic heterocycles. The van der Waals surface area contributed by atoms with Gasteiger partial charge in [0, 0.05) is 56.1 Å². The van der Waals surface area contributed by atoms with Crippen LogP contribution in [0.1, 0.15) is 118 Å². The van der Waals surface area contributed by atoms with Crippen LogP contribution >= 0.6 is 34.4 Å². The average molecular weight is 1070 g/mol. The van der Waals surface area contributed by atoms with Gasteiger partial charge in [-0.1, -0.05) is 52.8 Å². The first-order chi connectivity index (χ1) is 33.6. The lowest BCUT2D eigenvalue weighted by Crippen LogP contribution is -2.26. The van der Waals surface area contributed by atoms with Crippen LogP contribution in [-0.4, -0.2) is 84.0 Å². The summed E-state index contributed by atoms with van der Waals surface area (Å²) in [5.41, 5.74) is 4.50. The summed E-state index contributed by atoms with van der Waals surface area (Å²) in [6.45, 7) is 21.5. The van der Waals surface area contributed by atoms with E-state index in [1.165, 1.54) is 23.1 Å². The third-order valence-electron chi connectivity index (χ3n) is 11.7. The van der Waals surface area contributed by atoms with Crippen molar-refractivity contribution < 1.29 is 35.2 Å². The fourth-order valence-corrected chi connectivity index (χ4v) is 12.5. The van der Waals surface area contributed by atoms with Crippen molar-refractivity contribution in [1.29, 1.82) is 0 Å². The number of hydrogen-bond acceptors (Lipinski definition) is 21. The highest BCUT2D eigenvalue weighted by Gasteiger charge is 2.39. The molecule has 24 heteroatoms. The number of thioether (sulfide) groups is 1. The van der Waals surface area contributed by atoms with E-state index in [1.807, 2.05) is 50.2 Å². The van der Waals surface area contributed by atoms with E-state index in [0.717, 1.165) is 84.3 Å². The molecule has 0 bridgehead atoms. The first kappa shape index (κ1) is 54.8. The number of aromatic nitrogens is 3. The quantitative estimate of drug-likeness (QED) is 0.0300. The van der Waals surface area contributed by atoms with Crippen LogP contribution in [0.2, 0.25) is 0 Å². The molecule has 0 fully saturated rings. The van der Waals surface area contributed by atoms with Crippen molar-refractivity contribution in [2.24, 2.45) is 31.3 Å². The molecule has 0 atom stereocenters. The molecule has 5 aromatic rings. The van der Waals surface area contributed by atoms with Crippen molar-refractivity contribution in [3.05, 3.63) is 63.3 Å². The van der Waals surface area contributed by atoms with E-state index in [2.05, 4.69) is 84.2 Å². The molecule has 0 spiro atoms. The number of carbonyl (C=O) groups excluding carboxylic acids is 2. The minimum Gasteiger partial charge on any atom is -0.372 e. The number of anilines is 6. The van der Waals surface area contributed by atoms with Crippen LogP contribution in [0.5, 0.6) is 0 Å². The lowest BCUT2D eigenvalue weighted by atomic mass is 9.76. The molecule has 0 radical (unpaired) electrons. The summed E-state index contributed by atoms with van der Waals surface area (Å²) in [4.78, 5) is 45.7. The SMILES string of the molecule is CCCCSc1nc(Nc2cc(N(CC)CC)ccc2N=Nc2cc3c(s2)C(=O)CC(C)(C)C3)nc(Nc2cc(N(CC)CC)ccc2N=Nc2sc3c(c2S(=O)(=O)O)CC(C)(C)CC3=O)n1.O=S(=O)=O. The van der Waals surface area contributed by atoms with E-state index < -0.39 is 26.1 Å². The number of nitrogens with one attached hydrogen (secondary N) is 2. The van der Waals surface area contributed by atoms with Gasteiger partial charge in [0.05, 0.1) is 21.1 Å². The summed E-state index contributed by atoms with van der Waals surface area (Å²) in [7, 11) is -7.87. The summed E-state index contributed by atoms with van der Waals surface area (Å²) < 4.78 is 61.5. The van der Waals surface area contributed by atoms with Gasteiger partial charge in [0.1, 0.15) is 21.3 Å². The highest BCUT2D eigenvalue weighted by atomic mass is 32.2. The van der Waals surface area contributed by atoms with Crippen molar-refractivity contribution in [2.45, 2.75) is 111 Å². The third kappa shape index (κ3) is 14.1. The summed E-state index contributed by atoms with van der Waals surface area (Å²) in [5, 5.41) is 26.1. The van der Waals surface area contributed by atoms with Gasteiger partial charge in [0.2, 0.25) is 11.9 Å². The summed E-state index contributed by atoms with van der Waals surface area (Å²) >= 11 is 3.79. The van der Waals surface area contributed by atoms with Gasteiger partial charge in [-0.2, -0.15) is 23.4 Å². The number of azo groups is 2. The number of hydrogen-bond donors (Lipinski definition) is 3. The molecule has 0 amide bonds. The number of nitrogens with zero attached hydrogens (tertiary/aromatic N) is 9. The minimum atomic E-state index is -4.76. The Kier molecular flexibility index (Phi) is 18.0. The summed E-state index contributed by atoms with van der Waals surface area (Å²) in [6.07, 6.45) is 3.78. The molecule has 0 unspecified atom stereocenters. The Morgan fingerprint density at radius 3 is 1.72 bits per heavy atom. The molecule has 2 aromatic carbocycles. The van der Waals surface area contributed by atoms with Gasteiger partial charge in [-0.3, -0.25) is 14.1 Å². The Morgan fingerprint density at radius 1 is 0.704 bits per heavy atom. The van der Waals surface area contributed by atoms with Crippen LogP contribution < -0.4 is 20.4 Å². The first-order valence-corrected chi connectivity index (χ1v) is 28.3. The Bertz CT molecular complexity index is 3070. The summed E-state index contributed by atoms with van der Waals surface area (Å²) in [5.74, 6) is 1.18. The molecule has 2 aliphatic carbocycles. The standard InChI is InChI=1S/C47H59N11O5S4.O3S/c1-10-15-20-64-45-51-43(48-34-22-29(57(11-2)12-3)16-18-32(34)53-55-38-21-28-24-46(6,7)26-36(59)39(28)65-38)50-44(52-45)49-35-23-30(58(13-4)14-5)17-19-33(35)54-56-42-41(67(61,62)63)31-25-47(8,9)27-37(60)40(31)66-42;1-4(2)3/h16-19,21-23H,10-15,20,24-27H2,1-9H3,(H,61,62,63)(H2,48,49,50,51,52);. The number of rotatable bonds is 19. The normalized spacial score (nSPS) is 15.0. The lowest BCUT2D eigenvalue weighted by Gasteiger charge is -2.28. The zero-order valence-corrected chi connectivity index (χ0v) is 45.3. The van der Waals surface area contributed by atoms with Crippen LogP contribution in [-0.2, 0) is 33.6 Å². The Labute approximate surface area is 428 Å². The van der Waals surface area contributed by atoms with Crippen LogP contribution in [0.15, 0.2) is 73.0 Å². The second-order valence-electron chi connectivity index (χ2n) is 18.4. The molecule has 3 heterocycles. The number of thiophene rings is 2. The number of unbranched alkanes of at least 4 members (excludes halogenated alkanes) is 1. The second kappa shape index (κ2) is 23.3. The van der Waals surface area contributed by atoms with Crippen molar-refractivity contribution >= 4 is 123 Å². The predicted octanol–water partition coefficient (Wildman–Crippen LogP) is 12.4. The van der Waals surface area contributed by atoms with Gasteiger partial charge < -0.3 is 20.4 Å². The van der Waals surface area contributed by atoms with Crippen LogP contribution in [0, 0.1) is 10.8 Å². The molecule has 0 saturated heterocycles. The monoisotopic (exact) mass is 1070 g/mol. The van der Waals surface area contributed by atoms with Crippen LogP contribution in [0.4, 0.5) is 56.0 Å². The average Bonchev–Trinajstić information content (AvgIpc) is 3.87. The fourth-order valence-electron chi connectivity index (χ4n) is 8.41. The largest absolute Gasteiger partial charge is 0.425 e. The van der Waals surface area contributed by atoms with Crippen LogP contribution in [0.3, 0.4) is 0 Å². The Hall–Kier alpha value is -5.53. The van der Waals surface area contributed by atoms with Gasteiger partial charge in [-0.05, 0) is 111 Å². The highest BCUT2D eigenvalue weighted by molar-refractivity contribution is 7.99. The fraction of sp³-hybridized carbons (Fsp3) is 0.468. The number of carbonyl (C=O) groups is 2. The number of benzene rings is 2. The zero-order valence-electron chi connectivity index (χ0n) is 41.2. The smallest absolute Gasteiger partial charge is 0.372 e. The topological polar surface area (TPSA) is 258 Å². The molecule has 2 aliphatic rings. The van der Waals surface area contributed by atoms with E-state index in [4.69, 9.17) is 32.7 Å². The van der Waals surface area contributed by atoms with Crippen molar-refractivity contribution in [2.75, 3.05) is 52.4 Å². The Balaban J connectivity index is 0.00000199. The van der Waals surface area contributed by atoms with Crippen molar-refractivity contribution in [1.82, 2.24) is 15.0 Å². The van der Waals surface area contributed by atoms with Gasteiger partial charge in [-0.15, -0.1) is 55.8 Å². The number of fused-ring (bicyclic) bond motifs is 2. The molecule has 19 nitrogen and oxygen atoms in total. The highest BCUT2D eigenvalue weighted by Crippen LogP contribution is 2.48. The van der Waals surface area contributed by atoms with E-state index in [-0.39, 0.29) is 62.1 Å². The maximum absolute atomic E-state index is 13.2. The van der Waals surface area contributed by atoms with E-state index >= 15 is 0 Å². The molecule has 0 saturated carbocycles. The molecule has 3 aromatic heterocycles. The van der Waals surface area contributed by atoms with Crippen LogP contribution in [0.25, 0.3) is 0 Å². The van der Waals surface area contributed by atoms with E-state index in [0.29, 0.717) is 39.3 Å². The summed E-state index contributed by atoms with van der Waals surface area (Å²) in [6, 6.07) is 13.4. The van der Waals surface area contributed by atoms with Gasteiger partial charge >= 0.3 is 10.6 Å². The maximum atomic E-state index is 13.2. The molecule has 3 N–H and O–H groups in total. The number of ketones is 2. The molecular weight excluding hydrogens is 1010 g/mol. The van der Waals surface area contributed by atoms with Gasteiger partial charge in [-0.25, -0.2) is 0 Å². The molecule has 380 valence electrons. The molecule has 7 rings (SSSR count). The minimum absolute atomic E-state index is 0.0745. The maximum Gasteiger partial charge on any atom is 0.425 e. The molecular formula is C47H59N11O8S5. The van der Waals surface area contributed by atoms with Gasteiger partial charge in [0.25, 0.3) is 10.1 Å². The first-order valence-electron chi connectivity index (χ1n) is 23.2. The van der Waals surface area contributed by atoms with Gasteiger partial charge in [0.15, 0.2) is 21.7 Å². The van der Waals surface area contributed by atoms with Crippen molar-refractivity contribution in [3.8, 4) is 0 Å². The van der Waals surface area contributed by atoms with E-state index in [1.54, 1.807) is 6.07 Å². The van der Waals surface area contributed by atoms with Crippen molar-refractivity contribution in [3.63, 3.8) is 0 Å².